The number of benzene rings is 1. The molecule has 2 N–H and O–H groups in total. The minimum atomic E-state index is 0.723. The SMILES string of the molecule is CCOc1cc(CCCN)ccc1N1CCCC1. The van der Waals surface area contributed by atoms with Crippen LogP contribution in [0.2, 0.25) is 0 Å². The number of anilines is 1. The highest BCUT2D eigenvalue weighted by molar-refractivity contribution is 5.60. The Balaban J connectivity index is 2.17. The fraction of sp³-hybridized carbons (Fsp3) is 0.600. The maximum Gasteiger partial charge on any atom is 0.142 e. The first-order valence-corrected chi connectivity index (χ1v) is 7.06. The van der Waals surface area contributed by atoms with E-state index in [0.717, 1.165) is 44.8 Å². The van der Waals surface area contributed by atoms with E-state index in [0.29, 0.717) is 0 Å². The molecule has 0 saturated carbocycles. The van der Waals surface area contributed by atoms with E-state index in [1.165, 1.54) is 24.1 Å². The summed E-state index contributed by atoms with van der Waals surface area (Å²) in [4.78, 5) is 2.43. The van der Waals surface area contributed by atoms with Gasteiger partial charge in [-0.1, -0.05) is 6.07 Å². The molecule has 1 aromatic rings. The van der Waals surface area contributed by atoms with Gasteiger partial charge in [-0.25, -0.2) is 0 Å². The van der Waals surface area contributed by atoms with Crippen LogP contribution in [0.4, 0.5) is 5.69 Å². The number of hydrogen-bond acceptors (Lipinski definition) is 3. The summed E-state index contributed by atoms with van der Waals surface area (Å²) >= 11 is 0. The summed E-state index contributed by atoms with van der Waals surface area (Å²) < 4.78 is 5.80. The van der Waals surface area contributed by atoms with E-state index in [4.69, 9.17) is 10.5 Å². The molecule has 0 aliphatic carbocycles. The van der Waals surface area contributed by atoms with Gasteiger partial charge >= 0.3 is 0 Å². The molecule has 100 valence electrons. The molecule has 1 fully saturated rings. The first-order valence-electron chi connectivity index (χ1n) is 7.06. The maximum atomic E-state index is 5.80. The molecule has 0 aromatic heterocycles. The third kappa shape index (κ3) is 3.16. The van der Waals surface area contributed by atoms with Crippen LogP contribution >= 0.6 is 0 Å². The van der Waals surface area contributed by atoms with Gasteiger partial charge < -0.3 is 15.4 Å². The van der Waals surface area contributed by atoms with Crippen molar-refractivity contribution < 1.29 is 4.74 Å². The quantitative estimate of drug-likeness (QED) is 0.841. The van der Waals surface area contributed by atoms with Crippen LogP contribution in [-0.2, 0) is 6.42 Å². The lowest BCUT2D eigenvalue weighted by atomic mass is 10.1. The predicted molar refractivity (Wildman–Crippen MR) is 76.4 cm³/mol. The Kier molecular flexibility index (Phi) is 4.88. The number of rotatable bonds is 6. The van der Waals surface area contributed by atoms with Crippen LogP contribution in [0.1, 0.15) is 31.7 Å². The van der Waals surface area contributed by atoms with Gasteiger partial charge in [0, 0.05) is 13.1 Å². The summed E-state index contributed by atoms with van der Waals surface area (Å²) in [5.74, 6) is 1.04. The Labute approximate surface area is 110 Å². The highest BCUT2D eigenvalue weighted by atomic mass is 16.5. The molecule has 3 nitrogen and oxygen atoms in total. The van der Waals surface area contributed by atoms with Gasteiger partial charge in [0.25, 0.3) is 0 Å². The number of aryl methyl sites for hydroxylation is 1. The number of nitrogens with two attached hydrogens (primary N) is 1. The van der Waals surface area contributed by atoms with Gasteiger partial charge in [-0.05, 0) is 56.8 Å². The van der Waals surface area contributed by atoms with Crippen molar-refractivity contribution in [2.24, 2.45) is 5.73 Å². The van der Waals surface area contributed by atoms with E-state index >= 15 is 0 Å². The molecule has 1 aliphatic rings. The summed E-state index contributed by atoms with van der Waals surface area (Å²) in [7, 11) is 0. The van der Waals surface area contributed by atoms with Gasteiger partial charge in [0.2, 0.25) is 0 Å². The fourth-order valence-electron chi connectivity index (χ4n) is 2.51. The van der Waals surface area contributed by atoms with Crippen molar-refractivity contribution in [2.45, 2.75) is 32.6 Å². The average molecular weight is 248 g/mol. The first-order chi connectivity index (χ1) is 8.85. The molecule has 1 aromatic carbocycles. The third-order valence-electron chi connectivity index (χ3n) is 3.44. The van der Waals surface area contributed by atoms with E-state index in [2.05, 4.69) is 23.1 Å². The molecule has 3 heteroatoms. The number of ether oxygens (including phenoxy) is 1. The van der Waals surface area contributed by atoms with E-state index in [1.807, 2.05) is 6.92 Å². The molecule has 0 atom stereocenters. The smallest absolute Gasteiger partial charge is 0.142 e. The summed E-state index contributed by atoms with van der Waals surface area (Å²) in [5, 5.41) is 0. The zero-order valence-corrected chi connectivity index (χ0v) is 11.3. The van der Waals surface area contributed by atoms with Crippen molar-refractivity contribution >= 4 is 5.69 Å². The standard InChI is InChI=1S/C15H24N2O/c1-2-18-15-12-13(6-5-9-16)7-8-14(15)17-10-3-4-11-17/h7-8,12H,2-6,9-11,16H2,1H3. The Morgan fingerprint density at radius 1 is 1.28 bits per heavy atom. The lowest BCUT2D eigenvalue weighted by Gasteiger charge is -2.21. The molecule has 18 heavy (non-hydrogen) atoms. The molecular formula is C15H24N2O. The van der Waals surface area contributed by atoms with Gasteiger partial charge in [0.1, 0.15) is 5.75 Å². The van der Waals surface area contributed by atoms with E-state index in [1.54, 1.807) is 0 Å². The zero-order valence-electron chi connectivity index (χ0n) is 11.3. The van der Waals surface area contributed by atoms with E-state index in [-0.39, 0.29) is 0 Å². The second-order valence-electron chi connectivity index (χ2n) is 4.82. The number of nitrogens with zero attached hydrogens (tertiary/aromatic N) is 1. The first kappa shape index (κ1) is 13.2. The van der Waals surface area contributed by atoms with Crippen molar-refractivity contribution in [1.29, 1.82) is 0 Å². The fourth-order valence-corrected chi connectivity index (χ4v) is 2.51. The number of hydrogen-bond donors (Lipinski definition) is 1. The molecule has 2 rings (SSSR count). The zero-order chi connectivity index (χ0) is 12.8. The van der Waals surface area contributed by atoms with Crippen LogP contribution in [0, 0.1) is 0 Å². The Bertz CT molecular complexity index is 373. The van der Waals surface area contributed by atoms with Crippen LogP contribution in [0.3, 0.4) is 0 Å². The summed E-state index contributed by atoms with van der Waals surface area (Å²) in [6, 6.07) is 6.61. The molecule has 0 unspecified atom stereocenters. The van der Waals surface area contributed by atoms with Gasteiger partial charge in [0.05, 0.1) is 12.3 Å². The van der Waals surface area contributed by atoms with E-state index in [9.17, 15) is 0 Å². The summed E-state index contributed by atoms with van der Waals surface area (Å²) in [6.07, 6.45) is 4.66. The third-order valence-corrected chi connectivity index (χ3v) is 3.44. The monoisotopic (exact) mass is 248 g/mol. The largest absolute Gasteiger partial charge is 0.492 e. The molecule has 0 bridgehead atoms. The van der Waals surface area contributed by atoms with Crippen LogP contribution in [0.5, 0.6) is 5.75 Å². The van der Waals surface area contributed by atoms with Gasteiger partial charge in [-0.2, -0.15) is 0 Å². The molecule has 0 spiro atoms. The van der Waals surface area contributed by atoms with Gasteiger partial charge in [-0.3, -0.25) is 0 Å². The molecule has 1 saturated heterocycles. The van der Waals surface area contributed by atoms with Crippen LogP contribution < -0.4 is 15.4 Å². The second kappa shape index (κ2) is 6.64. The van der Waals surface area contributed by atoms with Crippen molar-refractivity contribution in [2.75, 3.05) is 31.1 Å². The van der Waals surface area contributed by atoms with Gasteiger partial charge in [-0.15, -0.1) is 0 Å². The summed E-state index contributed by atoms with van der Waals surface area (Å²) in [6.45, 7) is 5.82. The maximum absolute atomic E-state index is 5.80. The van der Waals surface area contributed by atoms with Crippen LogP contribution in [-0.4, -0.2) is 26.2 Å². The lowest BCUT2D eigenvalue weighted by molar-refractivity contribution is 0.340. The highest BCUT2D eigenvalue weighted by Crippen LogP contribution is 2.32. The van der Waals surface area contributed by atoms with Gasteiger partial charge in [0.15, 0.2) is 0 Å². The Morgan fingerprint density at radius 2 is 2.06 bits per heavy atom. The van der Waals surface area contributed by atoms with Crippen molar-refractivity contribution in [3.8, 4) is 5.75 Å². The molecule has 1 aliphatic heterocycles. The van der Waals surface area contributed by atoms with Crippen LogP contribution in [0.25, 0.3) is 0 Å². The Morgan fingerprint density at radius 3 is 2.72 bits per heavy atom. The highest BCUT2D eigenvalue weighted by Gasteiger charge is 2.16. The van der Waals surface area contributed by atoms with Crippen molar-refractivity contribution in [1.82, 2.24) is 0 Å². The normalized spacial score (nSPS) is 15.1. The predicted octanol–water partition coefficient (Wildman–Crippen LogP) is 2.58. The molecular weight excluding hydrogens is 224 g/mol. The van der Waals surface area contributed by atoms with Crippen LogP contribution in [0.15, 0.2) is 18.2 Å². The summed E-state index contributed by atoms with van der Waals surface area (Å²) in [5.41, 5.74) is 8.14. The minimum absolute atomic E-state index is 0.723. The topological polar surface area (TPSA) is 38.5 Å². The second-order valence-corrected chi connectivity index (χ2v) is 4.82. The van der Waals surface area contributed by atoms with Crippen molar-refractivity contribution in [3.05, 3.63) is 23.8 Å². The van der Waals surface area contributed by atoms with E-state index < -0.39 is 0 Å². The van der Waals surface area contributed by atoms with Crippen molar-refractivity contribution in [3.63, 3.8) is 0 Å². The minimum Gasteiger partial charge on any atom is -0.492 e. The Hall–Kier alpha value is -1.22. The average Bonchev–Trinajstić information content (AvgIpc) is 2.91. The lowest BCUT2D eigenvalue weighted by Crippen LogP contribution is -2.18. The molecule has 0 amide bonds. The molecule has 1 heterocycles. The molecule has 0 radical (unpaired) electrons.